The molecule has 0 saturated heterocycles. The number of hydrogen-bond acceptors (Lipinski definition) is 6. The molecule has 1 unspecified atom stereocenters. The van der Waals surface area contributed by atoms with E-state index in [0.29, 0.717) is 0 Å². The van der Waals surface area contributed by atoms with E-state index in [4.69, 9.17) is 10.5 Å². The maximum atomic E-state index is 11.8. The molecule has 0 spiro atoms. The van der Waals surface area contributed by atoms with Gasteiger partial charge in [-0.1, -0.05) is 12.1 Å². The van der Waals surface area contributed by atoms with E-state index in [1.807, 2.05) is 0 Å². The minimum absolute atomic E-state index is 0.105. The van der Waals surface area contributed by atoms with E-state index in [1.54, 1.807) is 0 Å². The van der Waals surface area contributed by atoms with Crippen LogP contribution in [0.4, 0.5) is 10.5 Å². The molecule has 1 aromatic rings. The second-order valence-corrected chi connectivity index (χ2v) is 4.87. The van der Waals surface area contributed by atoms with Crippen LogP contribution in [0.25, 0.3) is 0 Å². The van der Waals surface area contributed by atoms with Crippen molar-refractivity contribution in [3.63, 3.8) is 0 Å². The second-order valence-electron chi connectivity index (χ2n) is 4.87. The third-order valence-corrected chi connectivity index (χ3v) is 3.44. The summed E-state index contributed by atoms with van der Waals surface area (Å²) < 4.78 is 5.01. The molecule has 1 aliphatic heterocycles. The number of ether oxygens (including phenoxy) is 1. The van der Waals surface area contributed by atoms with Gasteiger partial charge in [0.05, 0.1) is 23.3 Å². The van der Waals surface area contributed by atoms with Crippen molar-refractivity contribution in [1.29, 1.82) is 0 Å². The zero-order valence-corrected chi connectivity index (χ0v) is 12.8. The fourth-order valence-electron chi connectivity index (χ4n) is 2.46. The Balaban J connectivity index is 2.71. The molecule has 0 aromatic heterocycles. The number of rotatable bonds is 3. The lowest BCUT2D eigenvalue weighted by Gasteiger charge is -2.33. The van der Waals surface area contributed by atoms with Crippen LogP contribution in [0.5, 0.6) is 0 Å². The molecule has 3 N–H and O–H groups in total. The van der Waals surface area contributed by atoms with Crippen molar-refractivity contribution in [3.05, 3.63) is 51.2 Å². The quantitative estimate of drug-likeness (QED) is 0.630. The van der Waals surface area contributed by atoms with Crippen LogP contribution in [-0.4, -0.2) is 40.1 Å². The Morgan fingerprint density at radius 2 is 2.12 bits per heavy atom. The van der Waals surface area contributed by atoms with Crippen molar-refractivity contribution in [2.24, 2.45) is 10.7 Å². The van der Waals surface area contributed by atoms with Gasteiger partial charge in [-0.2, -0.15) is 0 Å². The summed E-state index contributed by atoms with van der Waals surface area (Å²) in [5.74, 6) is -1.32. The molecular weight excluding hydrogens is 320 g/mol. The first-order chi connectivity index (χ1) is 11.3. The van der Waals surface area contributed by atoms with Crippen LogP contribution in [0.2, 0.25) is 0 Å². The van der Waals surface area contributed by atoms with Crippen molar-refractivity contribution >= 4 is 23.7 Å². The third kappa shape index (κ3) is 2.89. The number of carboxylic acids is 1. The molecule has 2 amide bonds. The highest BCUT2D eigenvalue weighted by Gasteiger charge is 2.39. The summed E-state index contributed by atoms with van der Waals surface area (Å²) in [5.41, 5.74) is 5.17. The molecule has 0 saturated carbocycles. The molecule has 1 aliphatic rings. The Hall–Kier alpha value is -3.43. The summed E-state index contributed by atoms with van der Waals surface area (Å²) in [6.07, 6.45) is 0. The number of non-ortho nitro benzene ring substituents is 1. The zero-order chi connectivity index (χ0) is 18.0. The number of urea groups is 1. The predicted molar refractivity (Wildman–Crippen MR) is 82.0 cm³/mol. The number of amidine groups is 1. The summed E-state index contributed by atoms with van der Waals surface area (Å²) in [4.78, 5) is 38.6. The average molecular weight is 334 g/mol. The molecule has 2 rings (SSSR count). The van der Waals surface area contributed by atoms with Gasteiger partial charge >= 0.3 is 18.0 Å². The monoisotopic (exact) mass is 334 g/mol. The molecule has 0 fully saturated rings. The molecular formula is C14H14N4O6. The highest BCUT2D eigenvalue weighted by atomic mass is 16.6. The number of aliphatic carboxylic acids is 1. The number of amides is 2. The van der Waals surface area contributed by atoms with Gasteiger partial charge in [0.25, 0.3) is 5.69 Å². The number of benzene rings is 1. The molecule has 0 radical (unpaired) electrons. The lowest BCUT2D eigenvalue weighted by atomic mass is 9.94. The molecule has 10 nitrogen and oxygen atoms in total. The number of methoxy groups -OCH3 is 1. The van der Waals surface area contributed by atoms with Crippen molar-refractivity contribution < 1.29 is 24.4 Å². The number of nitro benzene ring substituents is 1. The highest BCUT2D eigenvalue weighted by Crippen LogP contribution is 2.36. The van der Waals surface area contributed by atoms with Crippen molar-refractivity contribution in [2.45, 2.75) is 13.0 Å². The molecule has 10 heteroatoms. The SMILES string of the molecule is COC1=NC(C)=C(C(=O)O)C(c2cccc([N+](=O)[O-])c2)N1C(N)=O. The number of nitrogens with two attached hydrogens (primary N) is 1. The van der Waals surface area contributed by atoms with Gasteiger partial charge < -0.3 is 15.6 Å². The highest BCUT2D eigenvalue weighted by molar-refractivity contribution is 5.99. The lowest BCUT2D eigenvalue weighted by Crippen LogP contribution is -2.47. The maximum Gasteiger partial charge on any atom is 0.335 e. The number of allylic oxidation sites excluding steroid dienone is 1. The fourth-order valence-corrected chi connectivity index (χ4v) is 2.46. The average Bonchev–Trinajstić information content (AvgIpc) is 2.52. The van der Waals surface area contributed by atoms with Crippen molar-refractivity contribution in [2.75, 3.05) is 7.11 Å². The first kappa shape index (κ1) is 16.9. The maximum absolute atomic E-state index is 11.8. The van der Waals surface area contributed by atoms with E-state index in [2.05, 4.69) is 4.99 Å². The first-order valence-electron chi connectivity index (χ1n) is 6.67. The third-order valence-electron chi connectivity index (χ3n) is 3.44. The van der Waals surface area contributed by atoms with E-state index in [9.17, 15) is 24.8 Å². The molecule has 24 heavy (non-hydrogen) atoms. The molecule has 0 aliphatic carbocycles. The van der Waals surface area contributed by atoms with Crippen LogP contribution < -0.4 is 5.73 Å². The van der Waals surface area contributed by atoms with E-state index >= 15 is 0 Å². The lowest BCUT2D eigenvalue weighted by molar-refractivity contribution is -0.384. The number of carbonyl (C=O) groups is 2. The first-order valence-corrected chi connectivity index (χ1v) is 6.67. The van der Waals surface area contributed by atoms with Crippen molar-refractivity contribution in [1.82, 2.24) is 4.90 Å². The Morgan fingerprint density at radius 1 is 1.46 bits per heavy atom. The Labute approximate surface area is 136 Å². The minimum atomic E-state index is -1.32. The van der Waals surface area contributed by atoms with E-state index in [-0.39, 0.29) is 28.5 Å². The van der Waals surface area contributed by atoms with Gasteiger partial charge in [-0.05, 0) is 12.5 Å². The summed E-state index contributed by atoms with van der Waals surface area (Å²) in [6, 6.07) is 2.88. The van der Waals surface area contributed by atoms with Gasteiger partial charge in [0, 0.05) is 12.1 Å². The van der Waals surface area contributed by atoms with Crippen LogP contribution in [0, 0.1) is 10.1 Å². The Bertz CT molecular complexity index is 785. The fraction of sp³-hybridized carbons (Fsp3) is 0.214. The number of primary amides is 1. The van der Waals surface area contributed by atoms with Crippen LogP contribution in [0.1, 0.15) is 18.5 Å². The van der Waals surface area contributed by atoms with Crippen LogP contribution in [0.3, 0.4) is 0 Å². The van der Waals surface area contributed by atoms with E-state index in [0.717, 1.165) is 4.90 Å². The van der Waals surface area contributed by atoms with Gasteiger partial charge in [0.15, 0.2) is 0 Å². The molecule has 1 atom stereocenters. The smallest absolute Gasteiger partial charge is 0.335 e. The molecule has 126 valence electrons. The van der Waals surface area contributed by atoms with Gasteiger partial charge in [0.1, 0.15) is 6.04 Å². The van der Waals surface area contributed by atoms with Gasteiger partial charge in [0.2, 0.25) is 0 Å². The number of carbonyl (C=O) groups excluding carboxylic acids is 1. The molecule has 1 heterocycles. The van der Waals surface area contributed by atoms with E-state index < -0.39 is 23.0 Å². The van der Waals surface area contributed by atoms with Gasteiger partial charge in [-0.25, -0.2) is 19.5 Å². The standard InChI is InChI=1S/C14H14N4O6/c1-7-10(12(19)20)11(17(13(15)21)14(16-7)24-2)8-4-3-5-9(6-8)18(22)23/h3-6,11H,1-2H3,(H2,15,21)(H,19,20). The van der Waals surface area contributed by atoms with Gasteiger partial charge in [-0.15, -0.1) is 0 Å². The van der Waals surface area contributed by atoms with Gasteiger partial charge in [-0.3, -0.25) is 10.1 Å². The van der Waals surface area contributed by atoms with Crippen LogP contribution in [0.15, 0.2) is 40.5 Å². The normalized spacial score (nSPS) is 17.3. The Kier molecular flexibility index (Phi) is 4.49. The largest absolute Gasteiger partial charge is 0.478 e. The number of nitro groups is 1. The summed E-state index contributed by atoms with van der Waals surface area (Å²) >= 11 is 0. The zero-order valence-electron chi connectivity index (χ0n) is 12.8. The summed E-state index contributed by atoms with van der Waals surface area (Å²) in [6.45, 7) is 1.44. The van der Waals surface area contributed by atoms with Crippen LogP contribution >= 0.6 is 0 Å². The number of carboxylic acid groups (broad SMARTS) is 1. The molecule has 0 bridgehead atoms. The Morgan fingerprint density at radius 3 is 2.62 bits per heavy atom. The topological polar surface area (TPSA) is 148 Å². The summed E-state index contributed by atoms with van der Waals surface area (Å²) in [7, 11) is 1.25. The minimum Gasteiger partial charge on any atom is -0.478 e. The van der Waals surface area contributed by atoms with Crippen LogP contribution in [-0.2, 0) is 9.53 Å². The second kappa shape index (κ2) is 6.36. The predicted octanol–water partition coefficient (Wildman–Crippen LogP) is 1.39. The number of aliphatic imine (C=N–C) groups is 1. The summed E-state index contributed by atoms with van der Waals surface area (Å²) in [5, 5.41) is 20.5. The van der Waals surface area contributed by atoms with Crippen molar-refractivity contribution in [3.8, 4) is 0 Å². The number of hydrogen-bond donors (Lipinski definition) is 2. The number of nitrogens with zero attached hydrogens (tertiary/aromatic N) is 3. The molecule has 1 aromatic carbocycles. The van der Waals surface area contributed by atoms with E-state index in [1.165, 1.54) is 38.3 Å².